The zero-order valence-electron chi connectivity index (χ0n) is 57.4. The minimum absolute atomic E-state index is 0.0839. The highest BCUT2D eigenvalue weighted by Gasteiger charge is 2.30. The molecule has 0 aliphatic rings. The number of hydrogen-bond acceptors (Lipinski definition) is 15. The molecule has 0 bridgehead atoms. The van der Waals surface area contributed by atoms with Crippen molar-refractivity contribution in [2.24, 2.45) is 17.8 Å². The van der Waals surface area contributed by atoms with E-state index in [2.05, 4.69) is 72.8 Å². The number of aliphatic hydroxyl groups excluding tert-OH is 1. The van der Waals surface area contributed by atoms with Crippen LogP contribution in [0.2, 0.25) is 0 Å². The first-order valence-corrected chi connectivity index (χ1v) is 38.7. The Morgan fingerprint density at radius 2 is 0.663 bits per heavy atom. The first kappa shape index (κ1) is 86.5. The molecule has 0 aromatic carbocycles. The molecular weight excluding hydrogens is 1170 g/mol. The van der Waals surface area contributed by atoms with Crippen molar-refractivity contribution in [3.05, 3.63) is 24.3 Å². The minimum atomic E-state index is -4.96. The van der Waals surface area contributed by atoms with E-state index in [0.717, 1.165) is 127 Å². The first-order valence-electron chi connectivity index (χ1n) is 35.7. The van der Waals surface area contributed by atoms with Crippen molar-refractivity contribution in [3.8, 4) is 0 Å². The van der Waals surface area contributed by atoms with Crippen LogP contribution in [0.1, 0.15) is 325 Å². The van der Waals surface area contributed by atoms with E-state index in [1.807, 2.05) is 0 Å². The Hall–Kier alpha value is -2.46. The molecule has 19 heteroatoms. The number of aliphatic hydroxyl groups is 1. The van der Waals surface area contributed by atoms with E-state index >= 15 is 0 Å². The maximum Gasteiger partial charge on any atom is 0.472 e. The van der Waals surface area contributed by atoms with Gasteiger partial charge in [-0.05, 0) is 69.1 Å². The molecule has 0 saturated carbocycles. The fourth-order valence-electron chi connectivity index (χ4n) is 9.97. The fourth-order valence-corrected chi connectivity index (χ4v) is 11.5. The number of rotatable bonds is 66. The quantitative estimate of drug-likeness (QED) is 0.0169. The number of allylic oxidation sites excluding steroid dienone is 4. The van der Waals surface area contributed by atoms with Crippen molar-refractivity contribution in [3.63, 3.8) is 0 Å². The van der Waals surface area contributed by atoms with Gasteiger partial charge in [-0.3, -0.25) is 37.3 Å². The van der Waals surface area contributed by atoms with E-state index in [1.165, 1.54) is 109 Å². The van der Waals surface area contributed by atoms with E-state index in [4.69, 9.17) is 37.0 Å². The van der Waals surface area contributed by atoms with Crippen molar-refractivity contribution >= 4 is 39.5 Å². The second-order valence-electron chi connectivity index (χ2n) is 25.8. The van der Waals surface area contributed by atoms with Crippen LogP contribution in [-0.2, 0) is 65.4 Å². The van der Waals surface area contributed by atoms with E-state index in [1.54, 1.807) is 0 Å². The number of unbranched alkanes of at least 4 members (excludes halogenated alkanes) is 30. The lowest BCUT2D eigenvalue weighted by molar-refractivity contribution is -0.161. The summed E-state index contributed by atoms with van der Waals surface area (Å²) < 4.78 is 68.2. The van der Waals surface area contributed by atoms with Gasteiger partial charge >= 0.3 is 39.5 Å². The summed E-state index contributed by atoms with van der Waals surface area (Å²) in [5.74, 6) is 0.0424. The molecule has 0 saturated heterocycles. The van der Waals surface area contributed by atoms with E-state index in [-0.39, 0.29) is 25.7 Å². The summed E-state index contributed by atoms with van der Waals surface area (Å²) in [6.07, 6.45) is 46.7. The molecule has 6 atom stereocenters. The average molecular weight is 1310 g/mol. The maximum absolute atomic E-state index is 13.0. The SMILES string of the molecule is CCCCCC/C=C\C=C/CCCCCCCC(=O)O[C@H](COC(=O)CCCCCCCCCCC(C)C)COP(=O)(O)OC[C@@H](O)COP(=O)(O)OC[C@@H](COC(=O)CCCCCCCCC(C)C)OC(=O)CCCCCCCCCCCCC(C)CC. The van der Waals surface area contributed by atoms with Crippen LogP contribution >= 0.6 is 15.6 Å². The molecular formula is C70H132O17P2. The van der Waals surface area contributed by atoms with Gasteiger partial charge in [-0.2, -0.15) is 0 Å². The summed E-state index contributed by atoms with van der Waals surface area (Å²) in [5, 5.41) is 10.6. The van der Waals surface area contributed by atoms with Crippen LogP contribution in [0.5, 0.6) is 0 Å². The van der Waals surface area contributed by atoms with Gasteiger partial charge in [0.05, 0.1) is 26.4 Å². The van der Waals surface area contributed by atoms with Gasteiger partial charge in [-0.1, -0.05) is 272 Å². The molecule has 0 aromatic heterocycles. The Labute approximate surface area is 542 Å². The Morgan fingerprint density at radius 1 is 0.371 bits per heavy atom. The summed E-state index contributed by atoms with van der Waals surface area (Å²) in [7, 11) is -9.91. The van der Waals surface area contributed by atoms with Gasteiger partial charge in [0.15, 0.2) is 12.2 Å². The standard InChI is InChI=1S/C70H132O17P2/c1-8-10-11-12-13-14-15-16-17-18-19-23-30-39-46-53-69(74)86-65(57-80-67(72)51-44-37-29-26-25-27-34-41-48-61(3)4)59-84-88(76,77)82-55-64(71)56-83-89(78,79)85-60-66(58-81-68(73)52-45-38-33-32-35-42-49-62(5)6)87-70(75)54-47-40-31-24-21-20-22-28-36-43-50-63(7)9-2/h14-17,61-66,71H,8-13,18-60H2,1-7H3,(H,76,77)(H,78,79)/b15-14-,17-16-/t63?,64-,65-,66-/m1/s1. The van der Waals surface area contributed by atoms with E-state index in [9.17, 15) is 43.2 Å². The number of carbonyl (C=O) groups is 4. The van der Waals surface area contributed by atoms with Gasteiger partial charge < -0.3 is 33.8 Å². The highest BCUT2D eigenvalue weighted by molar-refractivity contribution is 7.47. The van der Waals surface area contributed by atoms with Crippen LogP contribution in [0.3, 0.4) is 0 Å². The number of phosphoric acid groups is 2. The molecule has 0 aromatic rings. The van der Waals surface area contributed by atoms with Gasteiger partial charge in [0.25, 0.3) is 0 Å². The molecule has 0 heterocycles. The maximum atomic E-state index is 13.0. The minimum Gasteiger partial charge on any atom is -0.462 e. The zero-order chi connectivity index (χ0) is 65.9. The smallest absolute Gasteiger partial charge is 0.462 e. The highest BCUT2D eigenvalue weighted by Crippen LogP contribution is 2.45. The lowest BCUT2D eigenvalue weighted by Crippen LogP contribution is -2.30. The number of ether oxygens (including phenoxy) is 4. The van der Waals surface area contributed by atoms with Crippen molar-refractivity contribution in [2.45, 2.75) is 343 Å². The second kappa shape index (κ2) is 60.5. The largest absolute Gasteiger partial charge is 0.472 e. The normalized spacial score (nSPS) is 14.7. The third kappa shape index (κ3) is 62.7. The average Bonchev–Trinajstić information content (AvgIpc) is 3.54. The number of phosphoric ester groups is 2. The Bertz CT molecular complexity index is 1840. The number of carbonyl (C=O) groups excluding carboxylic acids is 4. The van der Waals surface area contributed by atoms with Crippen LogP contribution in [0.25, 0.3) is 0 Å². The number of esters is 4. The van der Waals surface area contributed by atoms with Crippen LogP contribution in [-0.4, -0.2) is 96.7 Å². The molecule has 0 aliphatic carbocycles. The Kier molecular flexibility index (Phi) is 58.8. The third-order valence-electron chi connectivity index (χ3n) is 15.9. The molecule has 0 spiro atoms. The van der Waals surface area contributed by atoms with Crippen molar-refractivity contribution in [1.29, 1.82) is 0 Å². The molecule has 3 N–H and O–H groups in total. The summed E-state index contributed by atoms with van der Waals surface area (Å²) in [5.41, 5.74) is 0. The Balaban J connectivity index is 5.29. The van der Waals surface area contributed by atoms with E-state index in [0.29, 0.717) is 31.6 Å². The van der Waals surface area contributed by atoms with Crippen LogP contribution < -0.4 is 0 Å². The zero-order valence-corrected chi connectivity index (χ0v) is 59.2. The molecule has 0 amide bonds. The highest BCUT2D eigenvalue weighted by atomic mass is 31.2. The number of hydrogen-bond donors (Lipinski definition) is 3. The van der Waals surface area contributed by atoms with Crippen molar-refractivity contribution in [1.82, 2.24) is 0 Å². The van der Waals surface area contributed by atoms with E-state index < -0.39 is 97.5 Å². The molecule has 17 nitrogen and oxygen atoms in total. The first-order chi connectivity index (χ1) is 42.8. The predicted molar refractivity (Wildman–Crippen MR) is 358 cm³/mol. The van der Waals surface area contributed by atoms with Gasteiger partial charge in [-0.15, -0.1) is 0 Å². The van der Waals surface area contributed by atoms with Gasteiger partial charge in [0, 0.05) is 25.7 Å². The van der Waals surface area contributed by atoms with Crippen molar-refractivity contribution < 1.29 is 80.2 Å². The van der Waals surface area contributed by atoms with Crippen LogP contribution in [0, 0.1) is 17.8 Å². The van der Waals surface area contributed by atoms with Crippen LogP contribution in [0.15, 0.2) is 24.3 Å². The lowest BCUT2D eigenvalue weighted by atomic mass is 9.99. The third-order valence-corrected chi connectivity index (χ3v) is 17.8. The second-order valence-corrected chi connectivity index (χ2v) is 28.7. The van der Waals surface area contributed by atoms with Gasteiger partial charge in [-0.25, -0.2) is 9.13 Å². The molecule has 0 fully saturated rings. The van der Waals surface area contributed by atoms with Gasteiger partial charge in [0.2, 0.25) is 0 Å². The molecule has 0 rings (SSSR count). The fraction of sp³-hybridized carbons (Fsp3) is 0.886. The van der Waals surface area contributed by atoms with Crippen molar-refractivity contribution in [2.75, 3.05) is 39.6 Å². The summed E-state index contributed by atoms with van der Waals surface area (Å²) >= 11 is 0. The Morgan fingerprint density at radius 3 is 1.00 bits per heavy atom. The van der Waals surface area contributed by atoms with Crippen LogP contribution in [0.4, 0.5) is 0 Å². The molecule has 3 unspecified atom stereocenters. The molecule has 0 aliphatic heterocycles. The summed E-state index contributed by atoms with van der Waals surface area (Å²) in [6, 6.07) is 0. The predicted octanol–water partition coefficient (Wildman–Crippen LogP) is 19.4. The monoisotopic (exact) mass is 1310 g/mol. The summed E-state index contributed by atoms with van der Waals surface area (Å²) in [4.78, 5) is 72.5. The topological polar surface area (TPSA) is 237 Å². The lowest BCUT2D eigenvalue weighted by Gasteiger charge is -2.21. The molecule has 89 heavy (non-hydrogen) atoms. The van der Waals surface area contributed by atoms with Gasteiger partial charge in [0.1, 0.15) is 19.3 Å². The molecule has 524 valence electrons. The summed E-state index contributed by atoms with van der Waals surface area (Å²) in [6.45, 7) is 11.7. The molecule has 0 radical (unpaired) electrons.